The number of hydrogen-bond acceptors (Lipinski definition) is 4. The molecule has 0 aliphatic rings. The van der Waals surface area contributed by atoms with Crippen LogP contribution in [0.5, 0.6) is 0 Å². The number of carbonyl (C=O) groups excluding carboxylic acids is 2. The number of halogens is 2. The summed E-state index contributed by atoms with van der Waals surface area (Å²) < 4.78 is 8.49. The molecule has 0 saturated carbocycles. The Morgan fingerprint density at radius 3 is 1.67 bits per heavy atom. The monoisotopic (exact) mass is 366 g/mol. The van der Waals surface area contributed by atoms with E-state index in [0.29, 0.717) is 11.1 Å². The average molecular weight is 367 g/mol. The summed E-state index contributed by atoms with van der Waals surface area (Å²) in [5.74, 6) is -1.05. The molecule has 24 heavy (non-hydrogen) atoms. The Morgan fingerprint density at radius 1 is 1.00 bits per heavy atom. The summed E-state index contributed by atoms with van der Waals surface area (Å²) in [6.45, 7) is 4.48. The van der Waals surface area contributed by atoms with Gasteiger partial charge in [0.15, 0.2) is 4.87 Å². The molecule has 0 saturated heterocycles. The van der Waals surface area contributed by atoms with E-state index in [-0.39, 0.29) is 5.97 Å². The van der Waals surface area contributed by atoms with Crippen LogP contribution in [0.15, 0.2) is 73.5 Å². The van der Waals surface area contributed by atoms with Gasteiger partial charge in [-0.05, 0) is 11.1 Å². The maximum Gasteiger partial charge on any atom is 0.354 e. The van der Waals surface area contributed by atoms with Crippen molar-refractivity contribution < 1.29 is 18.6 Å². The molecular weight excluding hydrogens is 351 g/mol. The molecule has 0 atom stereocenters. The maximum atomic E-state index is 11.9. The Kier molecular flexibility index (Phi) is 8.02. The minimum absolute atomic E-state index is 0.329. The van der Waals surface area contributed by atoms with Crippen LogP contribution in [0, 0.1) is 0 Å². The second kappa shape index (κ2) is 9.75. The van der Waals surface area contributed by atoms with Crippen LogP contribution in [0.25, 0.3) is 0 Å². The molecule has 0 radical (unpaired) electrons. The van der Waals surface area contributed by atoms with E-state index in [2.05, 4.69) is 15.6 Å². The summed E-state index contributed by atoms with van der Waals surface area (Å²) in [4.78, 5) is 20.3. The van der Waals surface area contributed by atoms with E-state index in [1.807, 2.05) is 12.1 Å². The van der Waals surface area contributed by atoms with Crippen molar-refractivity contribution in [3.05, 3.63) is 84.6 Å². The van der Waals surface area contributed by atoms with Gasteiger partial charge < -0.3 is 9.03 Å². The summed E-state index contributed by atoms with van der Waals surface area (Å²) in [5.41, 5.74) is 1.23. The van der Waals surface area contributed by atoms with Crippen LogP contribution in [0.4, 0.5) is 0 Å². The van der Waals surface area contributed by atoms with Gasteiger partial charge in [0.05, 0.1) is 6.26 Å². The zero-order chi connectivity index (χ0) is 18.0. The highest BCUT2D eigenvalue weighted by molar-refractivity contribution is 6.37. The fraction of sp³-hybridized carbons (Fsp3) is 0.111. The lowest BCUT2D eigenvalue weighted by Gasteiger charge is -2.24. The molecule has 0 unspecified atom stereocenters. The minimum Gasteiger partial charge on any atom is -0.435 e. The van der Waals surface area contributed by atoms with E-state index in [1.165, 1.54) is 6.92 Å². The van der Waals surface area contributed by atoms with E-state index in [4.69, 9.17) is 23.5 Å². The number of hydrogen-bond donors (Lipinski definition) is 0. The molecule has 0 heterocycles. The zero-order valence-electron chi connectivity index (χ0n) is 12.9. The molecule has 2 aromatic rings. The molecule has 0 aliphatic heterocycles. The Labute approximate surface area is 150 Å². The molecule has 4 nitrogen and oxygen atoms in total. The molecule has 0 spiro atoms. The lowest BCUT2D eigenvalue weighted by Crippen LogP contribution is -2.31. The Balaban J connectivity index is 0.000000413. The highest BCUT2D eigenvalue weighted by atomic mass is 35.5. The maximum absolute atomic E-state index is 11.9. The molecule has 6 heteroatoms. The van der Waals surface area contributed by atoms with Crippen molar-refractivity contribution in [3.8, 4) is 0 Å². The molecule has 0 N–H and O–H groups in total. The quantitative estimate of drug-likeness (QED) is 0.452. The van der Waals surface area contributed by atoms with E-state index in [1.54, 1.807) is 48.5 Å². The van der Waals surface area contributed by atoms with Crippen LogP contribution < -0.4 is 0 Å². The number of benzene rings is 2. The van der Waals surface area contributed by atoms with Crippen molar-refractivity contribution in [2.24, 2.45) is 0 Å². The highest BCUT2D eigenvalue weighted by Gasteiger charge is 2.41. The van der Waals surface area contributed by atoms with Crippen molar-refractivity contribution in [1.82, 2.24) is 0 Å². The van der Waals surface area contributed by atoms with Crippen molar-refractivity contribution in [3.63, 3.8) is 0 Å². The molecule has 2 aromatic carbocycles. The van der Waals surface area contributed by atoms with E-state index < -0.39 is 10.8 Å². The third-order valence-corrected chi connectivity index (χ3v) is 3.67. The van der Waals surface area contributed by atoms with Gasteiger partial charge >= 0.3 is 11.9 Å². The summed E-state index contributed by atoms with van der Waals surface area (Å²) >= 11 is 11.7. The van der Waals surface area contributed by atoms with Gasteiger partial charge in [-0.2, -0.15) is 0 Å². The first-order valence-electron chi connectivity index (χ1n) is 6.88. The molecule has 0 bridgehead atoms. The second-order valence-electron chi connectivity index (χ2n) is 4.53. The SMILES string of the molecule is C=COC(C)=O.O=C(OCl)C(Cl)(c1ccccc1)c1ccccc1. The predicted octanol–water partition coefficient (Wildman–Crippen LogP) is 4.56. The van der Waals surface area contributed by atoms with Gasteiger partial charge in [0.25, 0.3) is 0 Å². The highest BCUT2D eigenvalue weighted by Crippen LogP contribution is 2.38. The third kappa shape index (κ3) is 5.11. The Hall–Kier alpha value is -2.30. The van der Waals surface area contributed by atoms with Crippen molar-refractivity contribution in [1.29, 1.82) is 0 Å². The van der Waals surface area contributed by atoms with Crippen LogP contribution in [0.1, 0.15) is 18.1 Å². The summed E-state index contributed by atoms with van der Waals surface area (Å²) in [6.07, 6.45) is 1.10. The normalized spacial score (nSPS) is 9.96. The first-order valence-corrected chi connectivity index (χ1v) is 7.56. The molecule has 2 rings (SSSR count). The first kappa shape index (κ1) is 19.7. The summed E-state index contributed by atoms with van der Waals surface area (Å²) in [7, 11) is 0. The number of carbonyl (C=O) groups is 2. The topological polar surface area (TPSA) is 52.6 Å². The number of rotatable bonds is 4. The average Bonchev–Trinajstić information content (AvgIpc) is 2.62. The predicted molar refractivity (Wildman–Crippen MR) is 93.4 cm³/mol. The van der Waals surface area contributed by atoms with Crippen LogP contribution in [0.3, 0.4) is 0 Å². The minimum atomic E-state index is -1.43. The van der Waals surface area contributed by atoms with Gasteiger partial charge in [-0.1, -0.05) is 78.8 Å². The van der Waals surface area contributed by atoms with Crippen LogP contribution >= 0.6 is 23.5 Å². The molecule has 0 amide bonds. The fourth-order valence-corrected chi connectivity index (χ4v) is 2.35. The molecule has 0 fully saturated rings. The van der Waals surface area contributed by atoms with Gasteiger partial charge in [-0.3, -0.25) is 4.79 Å². The molecule has 0 aromatic heterocycles. The zero-order valence-corrected chi connectivity index (χ0v) is 14.5. The van der Waals surface area contributed by atoms with E-state index in [0.717, 1.165) is 6.26 Å². The number of esters is 1. The smallest absolute Gasteiger partial charge is 0.354 e. The van der Waals surface area contributed by atoms with Gasteiger partial charge in [-0.25, -0.2) is 4.79 Å². The number of alkyl halides is 1. The van der Waals surface area contributed by atoms with Crippen LogP contribution in [-0.2, 0) is 23.5 Å². The molecule has 126 valence electrons. The molecular formula is C18H16Cl2O4. The summed E-state index contributed by atoms with van der Waals surface area (Å²) in [5, 5.41) is 0. The van der Waals surface area contributed by atoms with Gasteiger partial charge in [-0.15, -0.1) is 0 Å². The first-order chi connectivity index (χ1) is 11.5. The van der Waals surface area contributed by atoms with E-state index >= 15 is 0 Å². The molecule has 0 aliphatic carbocycles. The summed E-state index contributed by atoms with van der Waals surface area (Å²) in [6, 6.07) is 17.9. The van der Waals surface area contributed by atoms with Gasteiger partial charge in [0.1, 0.15) is 11.9 Å². The number of ether oxygens (including phenoxy) is 1. The fourth-order valence-electron chi connectivity index (χ4n) is 1.91. The van der Waals surface area contributed by atoms with Crippen molar-refractivity contribution >= 4 is 35.4 Å². The second-order valence-corrected chi connectivity index (χ2v) is 5.25. The van der Waals surface area contributed by atoms with Crippen LogP contribution in [-0.4, -0.2) is 11.9 Å². The van der Waals surface area contributed by atoms with Gasteiger partial charge in [0, 0.05) is 6.92 Å². The largest absolute Gasteiger partial charge is 0.435 e. The van der Waals surface area contributed by atoms with Crippen molar-refractivity contribution in [2.75, 3.05) is 0 Å². The van der Waals surface area contributed by atoms with E-state index in [9.17, 15) is 9.59 Å². The van der Waals surface area contributed by atoms with Crippen LogP contribution in [0.2, 0.25) is 0 Å². The van der Waals surface area contributed by atoms with Crippen molar-refractivity contribution in [2.45, 2.75) is 11.8 Å². The third-order valence-electron chi connectivity index (χ3n) is 2.94. The van der Waals surface area contributed by atoms with Gasteiger partial charge in [0.2, 0.25) is 0 Å². The Bertz CT molecular complexity index is 632. The Morgan fingerprint density at radius 2 is 1.42 bits per heavy atom. The lowest BCUT2D eigenvalue weighted by atomic mass is 9.90. The lowest BCUT2D eigenvalue weighted by molar-refractivity contribution is -0.136. The standard InChI is InChI=1S/C14H10Cl2O2.C4H6O2/c15-14(13(17)18-16,11-7-3-1-4-8-11)12-9-5-2-6-10-12;1-3-6-4(2)5/h1-10H;3H,1H2,2H3.